The molecule has 0 saturated carbocycles. The molecule has 2 aliphatic heterocycles. The molecule has 1 aromatic rings. The summed E-state index contributed by atoms with van der Waals surface area (Å²) in [5, 5.41) is 6.70. The Bertz CT molecular complexity index is 452. The Morgan fingerprint density at radius 1 is 1.05 bits per heavy atom. The molecule has 0 spiro atoms. The highest BCUT2D eigenvalue weighted by atomic mass is 16.2. The van der Waals surface area contributed by atoms with Crippen LogP contribution in [0.1, 0.15) is 25.7 Å². The van der Waals surface area contributed by atoms with E-state index < -0.39 is 0 Å². The van der Waals surface area contributed by atoms with Crippen molar-refractivity contribution in [2.75, 3.05) is 30.3 Å². The third kappa shape index (κ3) is 2.67. The summed E-state index contributed by atoms with van der Waals surface area (Å²) in [6.07, 6.45) is 4.79. The summed E-state index contributed by atoms with van der Waals surface area (Å²) in [6, 6.07) is 7.92. The zero-order valence-electron chi connectivity index (χ0n) is 11.2. The minimum atomic E-state index is -0.131. The number of para-hydroxylation sites is 2. The molecule has 1 unspecified atom stereocenters. The predicted molar refractivity (Wildman–Crippen MR) is 77.4 cm³/mol. The molecule has 0 radical (unpaired) electrons. The molecule has 1 amide bonds. The van der Waals surface area contributed by atoms with E-state index in [-0.39, 0.29) is 11.9 Å². The fourth-order valence-electron chi connectivity index (χ4n) is 2.87. The Morgan fingerprint density at radius 2 is 1.74 bits per heavy atom. The number of likely N-dealkylation sites (tertiary alicyclic amines) is 1. The van der Waals surface area contributed by atoms with Gasteiger partial charge < -0.3 is 15.5 Å². The van der Waals surface area contributed by atoms with Crippen LogP contribution < -0.4 is 10.6 Å². The number of hydrogen-bond donors (Lipinski definition) is 2. The second-order valence-electron chi connectivity index (χ2n) is 5.36. The van der Waals surface area contributed by atoms with Crippen LogP contribution in [0.15, 0.2) is 24.3 Å². The van der Waals surface area contributed by atoms with Crippen LogP contribution in [0.5, 0.6) is 0 Å². The summed E-state index contributed by atoms with van der Waals surface area (Å²) in [5.41, 5.74) is 2.12. The Morgan fingerprint density at radius 3 is 2.47 bits per heavy atom. The molecule has 0 aliphatic carbocycles. The van der Waals surface area contributed by atoms with E-state index in [1.54, 1.807) is 0 Å². The van der Waals surface area contributed by atoms with Gasteiger partial charge in [0.1, 0.15) is 6.04 Å². The first-order chi connectivity index (χ1) is 9.34. The number of nitrogens with one attached hydrogen (secondary N) is 2. The van der Waals surface area contributed by atoms with Gasteiger partial charge in [0.2, 0.25) is 5.91 Å². The van der Waals surface area contributed by atoms with Gasteiger partial charge in [0.25, 0.3) is 0 Å². The van der Waals surface area contributed by atoms with Gasteiger partial charge in [0.05, 0.1) is 11.4 Å². The first-order valence-corrected chi connectivity index (χ1v) is 7.23. The largest absolute Gasteiger partial charge is 0.381 e. The normalized spacial score (nSPS) is 22.7. The first kappa shape index (κ1) is 12.3. The molecule has 0 bridgehead atoms. The van der Waals surface area contributed by atoms with Gasteiger partial charge in [-0.05, 0) is 25.0 Å². The second-order valence-corrected chi connectivity index (χ2v) is 5.36. The van der Waals surface area contributed by atoms with E-state index in [0.717, 1.165) is 37.3 Å². The molecule has 1 aromatic carbocycles. The monoisotopic (exact) mass is 259 g/mol. The quantitative estimate of drug-likeness (QED) is 0.813. The summed E-state index contributed by atoms with van der Waals surface area (Å²) in [4.78, 5) is 14.6. The maximum atomic E-state index is 12.5. The van der Waals surface area contributed by atoms with Gasteiger partial charge >= 0.3 is 0 Å². The van der Waals surface area contributed by atoms with Crippen molar-refractivity contribution in [3.8, 4) is 0 Å². The summed E-state index contributed by atoms with van der Waals surface area (Å²) in [5.74, 6) is 0.240. The Kier molecular flexibility index (Phi) is 3.58. The van der Waals surface area contributed by atoms with Crippen molar-refractivity contribution < 1.29 is 4.79 Å². The number of benzene rings is 1. The summed E-state index contributed by atoms with van der Waals surface area (Å²) >= 11 is 0. The van der Waals surface area contributed by atoms with E-state index >= 15 is 0 Å². The number of rotatable bonds is 1. The fourth-order valence-corrected chi connectivity index (χ4v) is 2.87. The first-order valence-electron chi connectivity index (χ1n) is 7.23. The molecule has 0 aromatic heterocycles. The van der Waals surface area contributed by atoms with Gasteiger partial charge in [-0.1, -0.05) is 25.0 Å². The maximum Gasteiger partial charge on any atom is 0.246 e. The van der Waals surface area contributed by atoms with Crippen molar-refractivity contribution in [1.29, 1.82) is 0 Å². The molecule has 1 fully saturated rings. The number of amides is 1. The molecule has 2 aliphatic rings. The molecule has 2 N–H and O–H groups in total. The van der Waals surface area contributed by atoms with Crippen LogP contribution in [0.3, 0.4) is 0 Å². The number of nitrogens with zero attached hydrogens (tertiary/aromatic N) is 1. The highest BCUT2D eigenvalue weighted by Gasteiger charge is 2.27. The van der Waals surface area contributed by atoms with Crippen LogP contribution in [0.25, 0.3) is 0 Å². The third-order valence-electron chi connectivity index (χ3n) is 3.97. The van der Waals surface area contributed by atoms with Gasteiger partial charge in [-0.3, -0.25) is 4.79 Å². The average molecular weight is 259 g/mol. The van der Waals surface area contributed by atoms with E-state index in [2.05, 4.69) is 10.6 Å². The van der Waals surface area contributed by atoms with E-state index in [0.29, 0.717) is 6.54 Å². The van der Waals surface area contributed by atoms with Crippen LogP contribution in [0.4, 0.5) is 11.4 Å². The molecule has 102 valence electrons. The Hall–Kier alpha value is -1.71. The molecule has 2 heterocycles. The van der Waals surface area contributed by atoms with Crippen LogP contribution in [0, 0.1) is 0 Å². The van der Waals surface area contributed by atoms with Crippen LogP contribution in [0.2, 0.25) is 0 Å². The zero-order valence-corrected chi connectivity index (χ0v) is 11.2. The van der Waals surface area contributed by atoms with E-state index in [1.165, 1.54) is 12.8 Å². The zero-order chi connectivity index (χ0) is 13.1. The molecule has 19 heavy (non-hydrogen) atoms. The topological polar surface area (TPSA) is 44.4 Å². The highest BCUT2D eigenvalue weighted by molar-refractivity contribution is 5.88. The van der Waals surface area contributed by atoms with Crippen molar-refractivity contribution in [1.82, 2.24) is 4.90 Å². The standard InChI is InChI=1S/C15H21N3O/c19-15(18-9-5-1-2-6-10-18)14-11-16-12-7-3-4-8-13(12)17-14/h3-4,7-8,14,16-17H,1-2,5-6,9-11H2. The average Bonchev–Trinajstić information content (AvgIpc) is 2.75. The minimum absolute atomic E-state index is 0.131. The third-order valence-corrected chi connectivity index (χ3v) is 3.97. The predicted octanol–water partition coefficient (Wildman–Crippen LogP) is 2.30. The van der Waals surface area contributed by atoms with Crippen molar-refractivity contribution in [2.45, 2.75) is 31.7 Å². The molecule has 1 atom stereocenters. The molecule has 4 nitrogen and oxygen atoms in total. The minimum Gasteiger partial charge on any atom is -0.381 e. The Labute approximate surface area is 114 Å². The smallest absolute Gasteiger partial charge is 0.246 e. The van der Waals surface area contributed by atoms with Crippen LogP contribution in [-0.4, -0.2) is 36.5 Å². The van der Waals surface area contributed by atoms with Gasteiger partial charge in [0.15, 0.2) is 0 Å². The second kappa shape index (κ2) is 5.51. The van der Waals surface area contributed by atoms with Crippen LogP contribution in [-0.2, 0) is 4.79 Å². The number of hydrogen-bond acceptors (Lipinski definition) is 3. The molecule has 4 heteroatoms. The summed E-state index contributed by atoms with van der Waals surface area (Å²) in [7, 11) is 0. The van der Waals surface area contributed by atoms with Gasteiger partial charge in [-0.15, -0.1) is 0 Å². The lowest BCUT2D eigenvalue weighted by molar-refractivity contribution is -0.131. The van der Waals surface area contributed by atoms with E-state index in [9.17, 15) is 4.79 Å². The van der Waals surface area contributed by atoms with Crippen LogP contribution >= 0.6 is 0 Å². The Balaban J connectivity index is 1.68. The molecule has 1 saturated heterocycles. The SMILES string of the molecule is O=C(C1CNc2ccccc2N1)N1CCCCCC1. The lowest BCUT2D eigenvalue weighted by atomic mass is 10.1. The molecular formula is C15H21N3O. The summed E-state index contributed by atoms with van der Waals surface area (Å²) in [6.45, 7) is 2.50. The van der Waals surface area contributed by atoms with Gasteiger partial charge in [0, 0.05) is 19.6 Å². The number of carbonyl (C=O) groups is 1. The lowest BCUT2D eigenvalue weighted by Gasteiger charge is -2.31. The number of fused-ring (bicyclic) bond motifs is 1. The number of carbonyl (C=O) groups excluding carboxylic acids is 1. The van der Waals surface area contributed by atoms with E-state index in [4.69, 9.17) is 0 Å². The van der Waals surface area contributed by atoms with E-state index in [1.807, 2.05) is 29.2 Å². The number of anilines is 2. The highest BCUT2D eigenvalue weighted by Crippen LogP contribution is 2.26. The fraction of sp³-hybridized carbons (Fsp3) is 0.533. The molecular weight excluding hydrogens is 238 g/mol. The van der Waals surface area contributed by atoms with Gasteiger partial charge in [-0.2, -0.15) is 0 Å². The lowest BCUT2D eigenvalue weighted by Crippen LogP contribution is -2.48. The molecule has 3 rings (SSSR count). The van der Waals surface area contributed by atoms with Crippen molar-refractivity contribution >= 4 is 17.3 Å². The van der Waals surface area contributed by atoms with Gasteiger partial charge in [-0.25, -0.2) is 0 Å². The summed E-state index contributed by atoms with van der Waals surface area (Å²) < 4.78 is 0. The van der Waals surface area contributed by atoms with Crippen molar-refractivity contribution in [2.24, 2.45) is 0 Å². The van der Waals surface area contributed by atoms with Crippen molar-refractivity contribution in [3.63, 3.8) is 0 Å². The maximum absolute atomic E-state index is 12.5. The van der Waals surface area contributed by atoms with Crippen molar-refractivity contribution in [3.05, 3.63) is 24.3 Å².